The Morgan fingerprint density at radius 2 is 2.12 bits per heavy atom. The first-order valence-electron chi connectivity index (χ1n) is 9.19. The van der Waals surface area contributed by atoms with Gasteiger partial charge in [-0.25, -0.2) is 0 Å². The van der Waals surface area contributed by atoms with E-state index in [1.165, 1.54) is 25.7 Å². The van der Waals surface area contributed by atoms with Crippen molar-refractivity contribution >= 4 is 5.96 Å². The van der Waals surface area contributed by atoms with Crippen molar-refractivity contribution in [3.63, 3.8) is 0 Å². The lowest BCUT2D eigenvalue weighted by Crippen LogP contribution is -2.39. The average molecular weight is 332 g/mol. The molecule has 1 saturated carbocycles. The van der Waals surface area contributed by atoms with Crippen molar-refractivity contribution < 1.29 is 4.74 Å². The highest BCUT2D eigenvalue weighted by Gasteiger charge is 2.33. The van der Waals surface area contributed by atoms with E-state index in [2.05, 4.69) is 28.6 Å². The number of hydrogen-bond donors (Lipinski definition) is 2. The number of rotatable bonds is 9. The molecule has 1 heterocycles. The molecule has 24 heavy (non-hydrogen) atoms. The smallest absolute Gasteiger partial charge is 0.191 e. The molecule has 1 aliphatic rings. The van der Waals surface area contributed by atoms with Crippen molar-refractivity contribution in [2.75, 3.05) is 33.4 Å². The summed E-state index contributed by atoms with van der Waals surface area (Å²) in [5.41, 5.74) is 1.44. The van der Waals surface area contributed by atoms with Crippen LogP contribution in [-0.2, 0) is 11.2 Å². The second-order valence-corrected chi connectivity index (χ2v) is 6.64. The monoisotopic (exact) mass is 332 g/mol. The molecule has 0 aromatic carbocycles. The van der Waals surface area contributed by atoms with Gasteiger partial charge in [-0.2, -0.15) is 0 Å². The summed E-state index contributed by atoms with van der Waals surface area (Å²) in [7, 11) is 1.79. The van der Waals surface area contributed by atoms with Crippen LogP contribution >= 0.6 is 0 Å². The molecule has 0 spiro atoms. The molecule has 0 aliphatic heterocycles. The molecule has 5 heteroatoms. The van der Waals surface area contributed by atoms with E-state index in [0.717, 1.165) is 50.7 Å². The Hall–Kier alpha value is -1.62. The molecule has 1 fully saturated rings. The van der Waals surface area contributed by atoms with Crippen LogP contribution in [0.5, 0.6) is 0 Å². The highest BCUT2D eigenvalue weighted by Crippen LogP contribution is 2.41. The SMILES string of the molecule is CCNC(=NCC1(CCOC)CCCC1)NCCc1ccccn1. The van der Waals surface area contributed by atoms with Gasteiger partial charge in [0, 0.05) is 51.7 Å². The van der Waals surface area contributed by atoms with E-state index in [1.54, 1.807) is 7.11 Å². The molecular weight excluding hydrogens is 300 g/mol. The zero-order valence-corrected chi connectivity index (χ0v) is 15.2. The van der Waals surface area contributed by atoms with Crippen LogP contribution in [0.2, 0.25) is 0 Å². The first-order chi connectivity index (χ1) is 11.8. The Balaban J connectivity index is 1.86. The van der Waals surface area contributed by atoms with E-state index in [4.69, 9.17) is 9.73 Å². The lowest BCUT2D eigenvalue weighted by Gasteiger charge is -2.27. The fraction of sp³-hybridized carbons (Fsp3) is 0.684. The fourth-order valence-corrected chi connectivity index (χ4v) is 3.37. The van der Waals surface area contributed by atoms with Crippen molar-refractivity contribution in [1.29, 1.82) is 0 Å². The maximum Gasteiger partial charge on any atom is 0.191 e. The number of aliphatic imine (C=N–C) groups is 1. The van der Waals surface area contributed by atoms with Gasteiger partial charge in [0.15, 0.2) is 5.96 Å². The van der Waals surface area contributed by atoms with Crippen molar-refractivity contribution in [1.82, 2.24) is 15.6 Å². The molecule has 1 aromatic heterocycles. The average Bonchev–Trinajstić information content (AvgIpc) is 3.08. The van der Waals surface area contributed by atoms with Crippen LogP contribution in [0.1, 0.15) is 44.7 Å². The largest absolute Gasteiger partial charge is 0.385 e. The first-order valence-corrected chi connectivity index (χ1v) is 9.19. The van der Waals surface area contributed by atoms with Gasteiger partial charge in [0.1, 0.15) is 0 Å². The topological polar surface area (TPSA) is 58.5 Å². The van der Waals surface area contributed by atoms with Crippen LogP contribution in [0.25, 0.3) is 0 Å². The Morgan fingerprint density at radius 1 is 1.29 bits per heavy atom. The summed E-state index contributed by atoms with van der Waals surface area (Å²) in [6, 6.07) is 6.04. The number of guanidine groups is 1. The maximum absolute atomic E-state index is 5.31. The molecular formula is C19H32N4O. The van der Waals surface area contributed by atoms with Gasteiger partial charge in [0.2, 0.25) is 0 Å². The van der Waals surface area contributed by atoms with Gasteiger partial charge in [-0.15, -0.1) is 0 Å². The predicted octanol–water partition coefficient (Wildman–Crippen LogP) is 2.78. The summed E-state index contributed by atoms with van der Waals surface area (Å²) < 4.78 is 5.31. The number of pyridine rings is 1. The van der Waals surface area contributed by atoms with Crippen LogP contribution in [-0.4, -0.2) is 44.3 Å². The van der Waals surface area contributed by atoms with Gasteiger partial charge < -0.3 is 15.4 Å². The van der Waals surface area contributed by atoms with E-state index >= 15 is 0 Å². The molecule has 0 saturated heterocycles. The Kier molecular flexibility index (Phi) is 8.02. The molecule has 2 rings (SSSR count). The number of ether oxygens (including phenoxy) is 1. The van der Waals surface area contributed by atoms with Crippen LogP contribution < -0.4 is 10.6 Å². The summed E-state index contributed by atoms with van der Waals surface area (Å²) in [6.45, 7) is 5.54. The van der Waals surface area contributed by atoms with Crippen LogP contribution in [0, 0.1) is 5.41 Å². The number of methoxy groups -OCH3 is 1. The predicted molar refractivity (Wildman–Crippen MR) is 99.3 cm³/mol. The van der Waals surface area contributed by atoms with E-state index in [1.807, 2.05) is 18.3 Å². The normalized spacial score (nSPS) is 17.0. The van der Waals surface area contributed by atoms with Crippen molar-refractivity contribution in [2.24, 2.45) is 10.4 Å². The number of nitrogens with one attached hydrogen (secondary N) is 2. The molecule has 1 aromatic rings. The number of aromatic nitrogens is 1. The standard InChI is InChI=1S/C19H32N4O/c1-3-20-18(22-14-9-17-8-4-7-13-21-17)23-16-19(12-15-24-2)10-5-6-11-19/h4,7-8,13H,3,5-6,9-12,14-16H2,1-2H3,(H2,20,22,23). The van der Waals surface area contributed by atoms with Gasteiger partial charge >= 0.3 is 0 Å². The van der Waals surface area contributed by atoms with Gasteiger partial charge in [-0.1, -0.05) is 18.9 Å². The van der Waals surface area contributed by atoms with Crippen LogP contribution in [0.4, 0.5) is 0 Å². The van der Waals surface area contributed by atoms with Crippen molar-refractivity contribution in [2.45, 2.75) is 45.4 Å². The van der Waals surface area contributed by atoms with Gasteiger partial charge in [-0.3, -0.25) is 9.98 Å². The molecule has 0 unspecified atom stereocenters. The van der Waals surface area contributed by atoms with Crippen LogP contribution in [0.15, 0.2) is 29.4 Å². The Morgan fingerprint density at radius 3 is 2.79 bits per heavy atom. The second kappa shape index (κ2) is 10.3. The van der Waals surface area contributed by atoms with E-state index in [-0.39, 0.29) is 0 Å². The van der Waals surface area contributed by atoms with Gasteiger partial charge in [0.25, 0.3) is 0 Å². The highest BCUT2D eigenvalue weighted by atomic mass is 16.5. The van der Waals surface area contributed by atoms with Crippen molar-refractivity contribution in [3.05, 3.63) is 30.1 Å². The molecule has 0 bridgehead atoms. The van der Waals surface area contributed by atoms with E-state index in [9.17, 15) is 0 Å². The van der Waals surface area contributed by atoms with Crippen molar-refractivity contribution in [3.8, 4) is 0 Å². The summed E-state index contributed by atoms with van der Waals surface area (Å²) >= 11 is 0. The zero-order valence-electron chi connectivity index (χ0n) is 15.2. The summed E-state index contributed by atoms with van der Waals surface area (Å²) in [5.74, 6) is 0.914. The molecule has 2 N–H and O–H groups in total. The second-order valence-electron chi connectivity index (χ2n) is 6.64. The highest BCUT2D eigenvalue weighted by molar-refractivity contribution is 5.79. The van der Waals surface area contributed by atoms with Gasteiger partial charge in [-0.05, 0) is 43.7 Å². The summed E-state index contributed by atoms with van der Waals surface area (Å²) in [4.78, 5) is 9.23. The van der Waals surface area contributed by atoms with Crippen LogP contribution in [0.3, 0.4) is 0 Å². The first kappa shape index (κ1) is 18.7. The number of nitrogens with zero attached hydrogens (tertiary/aromatic N) is 2. The van der Waals surface area contributed by atoms with E-state index in [0.29, 0.717) is 5.41 Å². The zero-order chi connectivity index (χ0) is 17.1. The quantitative estimate of drug-likeness (QED) is 0.539. The lowest BCUT2D eigenvalue weighted by molar-refractivity contribution is 0.141. The molecule has 1 aliphatic carbocycles. The number of hydrogen-bond acceptors (Lipinski definition) is 3. The third kappa shape index (κ3) is 6.11. The molecule has 0 radical (unpaired) electrons. The minimum atomic E-state index is 0.333. The summed E-state index contributed by atoms with van der Waals surface area (Å²) in [5, 5.41) is 6.79. The molecule has 0 amide bonds. The fourth-order valence-electron chi connectivity index (χ4n) is 3.37. The third-order valence-corrected chi connectivity index (χ3v) is 4.82. The molecule has 0 atom stereocenters. The third-order valence-electron chi connectivity index (χ3n) is 4.82. The Bertz CT molecular complexity index is 483. The molecule has 5 nitrogen and oxygen atoms in total. The van der Waals surface area contributed by atoms with E-state index < -0.39 is 0 Å². The lowest BCUT2D eigenvalue weighted by atomic mass is 9.83. The molecule has 134 valence electrons. The van der Waals surface area contributed by atoms with Gasteiger partial charge in [0.05, 0.1) is 0 Å². The summed E-state index contributed by atoms with van der Waals surface area (Å²) in [6.07, 6.45) is 9.04. The maximum atomic E-state index is 5.31. The Labute approximate surface area is 146 Å². The minimum Gasteiger partial charge on any atom is -0.385 e. The minimum absolute atomic E-state index is 0.333.